The van der Waals surface area contributed by atoms with Gasteiger partial charge in [0.1, 0.15) is 0 Å². The lowest BCUT2D eigenvalue weighted by atomic mass is 10.1. The Labute approximate surface area is 153 Å². The molecule has 0 aliphatic rings. The number of benzene rings is 2. The predicted molar refractivity (Wildman–Crippen MR) is 103 cm³/mol. The molecule has 0 aliphatic heterocycles. The third kappa shape index (κ3) is 4.45. The monoisotopic (exact) mass is 346 g/mol. The third-order valence-electron chi connectivity index (χ3n) is 4.09. The Morgan fingerprint density at radius 2 is 1.85 bits per heavy atom. The van der Waals surface area contributed by atoms with E-state index >= 15 is 0 Å². The highest BCUT2D eigenvalue weighted by atomic mass is 16.1. The Morgan fingerprint density at radius 1 is 1.00 bits per heavy atom. The van der Waals surface area contributed by atoms with Gasteiger partial charge in [-0.2, -0.15) is 0 Å². The molecule has 5 heteroatoms. The van der Waals surface area contributed by atoms with Gasteiger partial charge in [-0.15, -0.1) is 10.2 Å². The second-order valence-corrected chi connectivity index (χ2v) is 6.11. The molecule has 0 aliphatic carbocycles. The van der Waals surface area contributed by atoms with Gasteiger partial charge in [-0.3, -0.25) is 4.79 Å². The molecule has 0 atom stereocenters. The minimum absolute atomic E-state index is 0.237. The molecule has 0 bridgehead atoms. The van der Waals surface area contributed by atoms with Crippen molar-refractivity contribution in [2.75, 3.05) is 5.32 Å². The maximum Gasteiger partial charge on any atom is 0.272 e. The van der Waals surface area contributed by atoms with Gasteiger partial charge < -0.3 is 10.6 Å². The molecule has 0 saturated carbocycles. The Morgan fingerprint density at radius 3 is 2.58 bits per heavy atom. The van der Waals surface area contributed by atoms with E-state index in [2.05, 4.69) is 33.8 Å². The number of carbonyl (C=O) groups excluding carboxylic acids is 1. The van der Waals surface area contributed by atoms with Crippen LogP contribution in [0.5, 0.6) is 0 Å². The molecule has 2 aromatic carbocycles. The SMILES string of the molecule is CCc1ccccc1Nc1ccc(C(=O)NCc2cccc(C)c2)nn1. The lowest BCUT2D eigenvalue weighted by Crippen LogP contribution is -2.24. The fourth-order valence-corrected chi connectivity index (χ4v) is 2.70. The topological polar surface area (TPSA) is 66.9 Å². The van der Waals surface area contributed by atoms with Gasteiger partial charge in [0.2, 0.25) is 0 Å². The van der Waals surface area contributed by atoms with Gasteiger partial charge in [0, 0.05) is 12.2 Å². The van der Waals surface area contributed by atoms with Crippen molar-refractivity contribution in [3.63, 3.8) is 0 Å². The minimum atomic E-state index is -0.237. The highest BCUT2D eigenvalue weighted by molar-refractivity contribution is 5.92. The molecule has 3 rings (SSSR count). The number of rotatable bonds is 6. The summed E-state index contributed by atoms with van der Waals surface area (Å²) in [4.78, 5) is 12.2. The first kappa shape index (κ1) is 17.6. The molecule has 2 N–H and O–H groups in total. The van der Waals surface area contributed by atoms with Crippen molar-refractivity contribution < 1.29 is 4.79 Å². The highest BCUT2D eigenvalue weighted by Crippen LogP contribution is 2.19. The summed E-state index contributed by atoms with van der Waals surface area (Å²) in [6.45, 7) is 4.60. The van der Waals surface area contributed by atoms with Crippen molar-refractivity contribution in [2.45, 2.75) is 26.8 Å². The second-order valence-electron chi connectivity index (χ2n) is 6.11. The molecule has 0 fully saturated rings. The number of carbonyl (C=O) groups is 1. The molecule has 132 valence electrons. The zero-order valence-corrected chi connectivity index (χ0v) is 15.0. The van der Waals surface area contributed by atoms with Crippen LogP contribution in [0.2, 0.25) is 0 Å². The minimum Gasteiger partial charge on any atom is -0.347 e. The van der Waals surface area contributed by atoms with Crippen molar-refractivity contribution in [2.24, 2.45) is 0 Å². The number of nitrogens with one attached hydrogen (secondary N) is 2. The van der Waals surface area contributed by atoms with E-state index in [9.17, 15) is 4.79 Å². The van der Waals surface area contributed by atoms with Gasteiger partial charge in [0.05, 0.1) is 0 Å². The molecule has 0 radical (unpaired) electrons. The van der Waals surface area contributed by atoms with Crippen LogP contribution in [-0.2, 0) is 13.0 Å². The molecule has 1 aromatic heterocycles. The van der Waals surface area contributed by atoms with Crippen LogP contribution in [0, 0.1) is 6.92 Å². The number of nitrogens with zero attached hydrogens (tertiary/aromatic N) is 2. The Kier molecular flexibility index (Phi) is 5.59. The van der Waals surface area contributed by atoms with Crippen LogP contribution in [0.1, 0.15) is 34.1 Å². The molecule has 1 amide bonds. The smallest absolute Gasteiger partial charge is 0.272 e. The molecule has 3 aromatic rings. The molecule has 1 heterocycles. The lowest BCUT2D eigenvalue weighted by Gasteiger charge is -2.10. The number of aryl methyl sites for hydroxylation is 2. The number of amides is 1. The molecule has 5 nitrogen and oxygen atoms in total. The standard InChI is InChI=1S/C21H22N4O/c1-3-17-9-4-5-10-18(17)23-20-12-11-19(24-25-20)21(26)22-14-16-8-6-7-15(2)13-16/h4-13H,3,14H2,1-2H3,(H,22,26)(H,23,25). The van der Waals surface area contributed by atoms with E-state index in [0.29, 0.717) is 18.1 Å². The number of hydrogen-bond donors (Lipinski definition) is 2. The molecule has 0 saturated heterocycles. The second kappa shape index (κ2) is 8.25. The van der Waals surface area contributed by atoms with Crippen LogP contribution in [-0.4, -0.2) is 16.1 Å². The summed E-state index contributed by atoms with van der Waals surface area (Å²) < 4.78 is 0. The molecular formula is C21H22N4O. The van der Waals surface area contributed by atoms with Crippen LogP contribution >= 0.6 is 0 Å². The maximum atomic E-state index is 12.2. The largest absolute Gasteiger partial charge is 0.347 e. The third-order valence-corrected chi connectivity index (χ3v) is 4.09. The van der Waals surface area contributed by atoms with Crippen molar-refractivity contribution in [3.8, 4) is 0 Å². The van der Waals surface area contributed by atoms with Crippen LogP contribution in [0.15, 0.2) is 60.7 Å². The van der Waals surface area contributed by atoms with Crippen molar-refractivity contribution in [1.82, 2.24) is 15.5 Å². The van der Waals surface area contributed by atoms with Gasteiger partial charge >= 0.3 is 0 Å². The normalized spacial score (nSPS) is 10.4. The van der Waals surface area contributed by atoms with E-state index in [1.54, 1.807) is 12.1 Å². The summed E-state index contributed by atoms with van der Waals surface area (Å²) in [5.41, 5.74) is 4.72. The van der Waals surface area contributed by atoms with Crippen molar-refractivity contribution in [3.05, 3.63) is 83.0 Å². The van der Waals surface area contributed by atoms with Crippen LogP contribution < -0.4 is 10.6 Å². The van der Waals surface area contributed by atoms with E-state index < -0.39 is 0 Å². The fourth-order valence-electron chi connectivity index (χ4n) is 2.70. The Balaban J connectivity index is 1.62. The average Bonchev–Trinajstić information content (AvgIpc) is 2.67. The first-order valence-electron chi connectivity index (χ1n) is 8.68. The highest BCUT2D eigenvalue weighted by Gasteiger charge is 2.09. The predicted octanol–water partition coefficient (Wildman–Crippen LogP) is 4.02. The van der Waals surface area contributed by atoms with Crippen LogP contribution in [0.25, 0.3) is 0 Å². The molecule has 0 spiro atoms. The molecule has 26 heavy (non-hydrogen) atoms. The lowest BCUT2D eigenvalue weighted by molar-refractivity contribution is 0.0945. The first-order valence-corrected chi connectivity index (χ1v) is 8.68. The first-order chi connectivity index (χ1) is 12.7. The number of hydrogen-bond acceptors (Lipinski definition) is 4. The van der Waals surface area contributed by atoms with E-state index in [-0.39, 0.29) is 5.91 Å². The van der Waals surface area contributed by atoms with Gasteiger partial charge in [-0.1, -0.05) is 55.0 Å². The summed E-state index contributed by atoms with van der Waals surface area (Å²) in [6.07, 6.45) is 0.927. The van der Waals surface area contributed by atoms with Crippen LogP contribution in [0.4, 0.5) is 11.5 Å². The van der Waals surface area contributed by atoms with Gasteiger partial charge in [0.15, 0.2) is 11.5 Å². The van der Waals surface area contributed by atoms with Gasteiger partial charge in [-0.05, 0) is 42.7 Å². The number of aromatic nitrogens is 2. The Hall–Kier alpha value is -3.21. The van der Waals surface area contributed by atoms with E-state index in [1.807, 2.05) is 49.4 Å². The molecular weight excluding hydrogens is 324 g/mol. The fraction of sp³-hybridized carbons (Fsp3) is 0.190. The summed E-state index contributed by atoms with van der Waals surface area (Å²) in [5.74, 6) is 0.376. The quantitative estimate of drug-likeness (QED) is 0.707. The zero-order valence-electron chi connectivity index (χ0n) is 15.0. The van der Waals surface area contributed by atoms with E-state index in [0.717, 1.165) is 17.7 Å². The zero-order chi connectivity index (χ0) is 18.4. The number of para-hydroxylation sites is 1. The summed E-state index contributed by atoms with van der Waals surface area (Å²) in [5, 5.41) is 14.3. The number of anilines is 2. The maximum absolute atomic E-state index is 12.2. The summed E-state index contributed by atoms with van der Waals surface area (Å²) >= 11 is 0. The summed E-state index contributed by atoms with van der Waals surface area (Å²) in [6, 6.07) is 19.5. The van der Waals surface area contributed by atoms with Crippen molar-refractivity contribution >= 4 is 17.4 Å². The van der Waals surface area contributed by atoms with Crippen molar-refractivity contribution in [1.29, 1.82) is 0 Å². The Bertz CT molecular complexity index is 891. The van der Waals surface area contributed by atoms with Gasteiger partial charge in [0.25, 0.3) is 5.91 Å². The van der Waals surface area contributed by atoms with Gasteiger partial charge in [-0.25, -0.2) is 0 Å². The van der Waals surface area contributed by atoms with Crippen LogP contribution in [0.3, 0.4) is 0 Å². The summed E-state index contributed by atoms with van der Waals surface area (Å²) in [7, 11) is 0. The molecule has 0 unspecified atom stereocenters. The average molecular weight is 346 g/mol. The van der Waals surface area contributed by atoms with E-state index in [1.165, 1.54) is 11.1 Å². The van der Waals surface area contributed by atoms with E-state index in [4.69, 9.17) is 0 Å².